The third kappa shape index (κ3) is 2.71. The first-order valence-corrected chi connectivity index (χ1v) is 8.10. The van der Waals surface area contributed by atoms with E-state index in [-0.39, 0.29) is 11.6 Å². The number of anilines is 1. The summed E-state index contributed by atoms with van der Waals surface area (Å²) in [5.74, 6) is 0. The minimum atomic E-state index is -0.234. The highest BCUT2D eigenvalue weighted by Gasteiger charge is 2.40. The minimum Gasteiger partial charge on any atom is -0.328 e. The fraction of sp³-hybridized carbons (Fsp3) is 0.286. The summed E-state index contributed by atoms with van der Waals surface area (Å²) >= 11 is 4.85. The van der Waals surface area contributed by atoms with E-state index in [0.29, 0.717) is 5.13 Å². The zero-order chi connectivity index (χ0) is 14.0. The number of thiazole rings is 1. The molecule has 0 aliphatic heterocycles. The summed E-state index contributed by atoms with van der Waals surface area (Å²) in [4.78, 5) is 16.1. The average Bonchev–Trinajstić information content (AvgIpc) is 2.88. The zero-order valence-electron chi connectivity index (χ0n) is 10.7. The monoisotopic (exact) mass is 351 g/mol. The Morgan fingerprint density at radius 2 is 2.05 bits per heavy atom. The molecule has 1 heterocycles. The molecule has 0 unspecified atom stereocenters. The van der Waals surface area contributed by atoms with E-state index in [1.165, 1.54) is 11.3 Å². The van der Waals surface area contributed by atoms with Crippen LogP contribution in [0.1, 0.15) is 24.8 Å². The number of aromatic nitrogens is 1. The van der Waals surface area contributed by atoms with Gasteiger partial charge < -0.3 is 5.32 Å². The summed E-state index contributed by atoms with van der Waals surface area (Å²) in [7, 11) is 0. The summed E-state index contributed by atoms with van der Waals surface area (Å²) in [6.45, 7) is 0. The quantitative estimate of drug-likeness (QED) is 0.874. The third-order valence-corrected chi connectivity index (χ3v) is 4.83. The summed E-state index contributed by atoms with van der Waals surface area (Å²) in [5.41, 5.74) is 0.920. The number of hydrogen-bond acceptors (Lipinski definition) is 3. The molecule has 2 amide bonds. The smallest absolute Gasteiger partial charge is 0.321 e. The highest BCUT2D eigenvalue weighted by Crippen LogP contribution is 2.41. The van der Waals surface area contributed by atoms with Crippen LogP contribution in [-0.4, -0.2) is 11.0 Å². The van der Waals surface area contributed by atoms with Crippen LogP contribution in [0.25, 0.3) is 0 Å². The molecule has 0 radical (unpaired) electrons. The lowest BCUT2D eigenvalue weighted by molar-refractivity contribution is 0.185. The van der Waals surface area contributed by atoms with E-state index in [2.05, 4.69) is 43.7 Å². The summed E-state index contributed by atoms with van der Waals surface area (Å²) < 4.78 is 1.04. The topological polar surface area (TPSA) is 54.0 Å². The molecule has 104 valence electrons. The normalized spacial score (nSPS) is 16.2. The Kier molecular flexibility index (Phi) is 3.76. The Morgan fingerprint density at radius 1 is 1.30 bits per heavy atom. The third-order valence-electron chi connectivity index (χ3n) is 3.61. The first-order valence-electron chi connectivity index (χ1n) is 6.43. The Balaban J connectivity index is 1.73. The Labute approximate surface area is 129 Å². The second-order valence-corrected chi connectivity index (χ2v) is 6.67. The number of benzene rings is 1. The van der Waals surface area contributed by atoms with Gasteiger partial charge in [-0.05, 0) is 37.0 Å². The molecule has 0 bridgehead atoms. The molecule has 0 saturated heterocycles. The number of nitrogens with one attached hydrogen (secondary N) is 2. The van der Waals surface area contributed by atoms with E-state index in [1.807, 2.05) is 17.5 Å². The number of hydrogen-bond donors (Lipinski definition) is 2. The van der Waals surface area contributed by atoms with Gasteiger partial charge in [0.2, 0.25) is 0 Å². The van der Waals surface area contributed by atoms with Crippen molar-refractivity contribution in [1.82, 2.24) is 10.3 Å². The molecule has 0 spiro atoms. The fourth-order valence-corrected chi connectivity index (χ4v) is 3.20. The van der Waals surface area contributed by atoms with Crippen LogP contribution < -0.4 is 10.6 Å². The van der Waals surface area contributed by atoms with Crippen molar-refractivity contribution in [3.05, 3.63) is 45.9 Å². The molecule has 1 aliphatic rings. The maximum Gasteiger partial charge on any atom is 0.321 e. The summed E-state index contributed by atoms with van der Waals surface area (Å²) in [5, 5.41) is 8.34. The van der Waals surface area contributed by atoms with Crippen molar-refractivity contribution in [3.63, 3.8) is 0 Å². The van der Waals surface area contributed by atoms with Crippen molar-refractivity contribution in [3.8, 4) is 0 Å². The van der Waals surface area contributed by atoms with Crippen molar-refractivity contribution in [2.24, 2.45) is 0 Å². The molecule has 1 aromatic carbocycles. The van der Waals surface area contributed by atoms with Crippen LogP contribution in [-0.2, 0) is 5.54 Å². The number of urea groups is 1. The molecule has 1 aromatic heterocycles. The van der Waals surface area contributed by atoms with Gasteiger partial charge in [0.1, 0.15) is 0 Å². The Morgan fingerprint density at radius 3 is 2.60 bits per heavy atom. The van der Waals surface area contributed by atoms with E-state index in [1.54, 1.807) is 6.20 Å². The van der Waals surface area contributed by atoms with Gasteiger partial charge >= 0.3 is 6.03 Å². The number of nitrogens with zero attached hydrogens (tertiary/aromatic N) is 1. The van der Waals surface area contributed by atoms with E-state index >= 15 is 0 Å². The second kappa shape index (κ2) is 5.54. The van der Waals surface area contributed by atoms with Crippen LogP contribution in [0.3, 0.4) is 0 Å². The molecule has 1 saturated carbocycles. The molecule has 2 aromatic rings. The van der Waals surface area contributed by atoms with Crippen molar-refractivity contribution >= 4 is 38.4 Å². The molecule has 3 rings (SSSR count). The predicted octanol–water partition coefficient (Wildman–Crippen LogP) is 4.11. The van der Waals surface area contributed by atoms with Crippen LogP contribution in [0.2, 0.25) is 0 Å². The van der Waals surface area contributed by atoms with Gasteiger partial charge in [-0.1, -0.05) is 28.1 Å². The van der Waals surface area contributed by atoms with Crippen molar-refractivity contribution in [2.75, 3.05) is 5.32 Å². The van der Waals surface area contributed by atoms with E-state index in [9.17, 15) is 4.79 Å². The average molecular weight is 352 g/mol. The maximum absolute atomic E-state index is 12.1. The number of amides is 2. The fourth-order valence-electron chi connectivity index (χ4n) is 2.42. The van der Waals surface area contributed by atoms with Gasteiger partial charge in [0, 0.05) is 16.0 Å². The standard InChI is InChI=1S/C14H14BrN3OS/c15-11-4-2-10(3-5-11)14(6-1-7-14)18-12(19)17-13-16-8-9-20-13/h2-5,8-9H,1,6-7H2,(H2,16,17,18,19). The second-order valence-electron chi connectivity index (χ2n) is 4.86. The van der Waals surface area contributed by atoms with Gasteiger partial charge in [-0.2, -0.15) is 0 Å². The lowest BCUT2D eigenvalue weighted by Gasteiger charge is -2.43. The Bertz CT molecular complexity index is 593. The maximum atomic E-state index is 12.1. The van der Waals surface area contributed by atoms with Crippen molar-refractivity contribution in [1.29, 1.82) is 0 Å². The lowest BCUT2D eigenvalue weighted by atomic mass is 9.72. The van der Waals surface area contributed by atoms with Crippen molar-refractivity contribution in [2.45, 2.75) is 24.8 Å². The highest BCUT2D eigenvalue weighted by atomic mass is 79.9. The largest absolute Gasteiger partial charge is 0.328 e. The first kappa shape index (κ1) is 13.6. The van der Waals surface area contributed by atoms with E-state index in [4.69, 9.17) is 0 Å². The van der Waals surface area contributed by atoms with Gasteiger partial charge in [-0.3, -0.25) is 5.32 Å². The number of carbonyl (C=O) groups excluding carboxylic acids is 1. The lowest BCUT2D eigenvalue weighted by Crippen LogP contribution is -2.52. The van der Waals surface area contributed by atoms with Crippen molar-refractivity contribution < 1.29 is 4.79 Å². The molecule has 1 aliphatic carbocycles. The molecule has 2 N–H and O–H groups in total. The molecule has 1 fully saturated rings. The van der Waals surface area contributed by atoms with Crippen LogP contribution in [0.15, 0.2) is 40.3 Å². The highest BCUT2D eigenvalue weighted by molar-refractivity contribution is 9.10. The summed E-state index contributed by atoms with van der Waals surface area (Å²) in [6, 6.07) is 7.95. The Hall–Kier alpha value is -1.40. The van der Waals surface area contributed by atoms with Crippen LogP contribution >= 0.6 is 27.3 Å². The number of halogens is 1. The minimum absolute atomic E-state index is 0.192. The van der Waals surface area contributed by atoms with Crippen LogP contribution in [0.5, 0.6) is 0 Å². The SMILES string of the molecule is O=C(Nc1nccs1)NC1(c2ccc(Br)cc2)CCC1. The number of carbonyl (C=O) groups is 1. The molecule has 4 nitrogen and oxygen atoms in total. The molecule has 6 heteroatoms. The molecular formula is C14H14BrN3OS. The summed E-state index contributed by atoms with van der Waals surface area (Å²) in [6.07, 6.45) is 4.75. The predicted molar refractivity (Wildman–Crippen MR) is 83.9 cm³/mol. The van der Waals surface area contributed by atoms with E-state index < -0.39 is 0 Å². The van der Waals surface area contributed by atoms with Gasteiger partial charge in [0.15, 0.2) is 5.13 Å². The van der Waals surface area contributed by atoms with Gasteiger partial charge in [-0.25, -0.2) is 9.78 Å². The molecule has 20 heavy (non-hydrogen) atoms. The van der Waals surface area contributed by atoms with Crippen LogP contribution in [0, 0.1) is 0 Å². The number of rotatable bonds is 3. The van der Waals surface area contributed by atoms with Crippen LogP contribution in [0.4, 0.5) is 9.93 Å². The zero-order valence-corrected chi connectivity index (χ0v) is 13.1. The molecule has 0 atom stereocenters. The van der Waals surface area contributed by atoms with Gasteiger partial charge in [-0.15, -0.1) is 11.3 Å². The molecular weight excluding hydrogens is 338 g/mol. The first-order chi connectivity index (χ1) is 9.68. The van der Waals surface area contributed by atoms with E-state index in [0.717, 1.165) is 29.3 Å². The van der Waals surface area contributed by atoms with Gasteiger partial charge in [0.05, 0.1) is 5.54 Å². The van der Waals surface area contributed by atoms with Gasteiger partial charge in [0.25, 0.3) is 0 Å².